The highest BCUT2D eigenvalue weighted by atomic mass is 32.1. The minimum atomic E-state index is 0.640. The molecule has 1 N–H and O–H groups in total. The molecule has 0 aliphatic carbocycles. The van der Waals surface area contributed by atoms with Gasteiger partial charge in [0.15, 0.2) is 0 Å². The van der Waals surface area contributed by atoms with Crippen LogP contribution in [-0.2, 0) is 6.54 Å². The maximum atomic E-state index is 4.41. The summed E-state index contributed by atoms with van der Waals surface area (Å²) in [5, 5.41) is 6.96. The molecule has 2 rings (SSSR count). The third kappa shape index (κ3) is 3.27. The molecular formula is C13H23N3S. The van der Waals surface area contributed by atoms with Gasteiger partial charge in [-0.25, -0.2) is 4.98 Å². The zero-order chi connectivity index (χ0) is 12.3. The molecule has 0 amide bonds. The van der Waals surface area contributed by atoms with Crippen molar-refractivity contribution in [3.63, 3.8) is 0 Å². The maximum Gasteiger partial charge on any atom is 0.107 e. The van der Waals surface area contributed by atoms with E-state index in [2.05, 4.69) is 41.4 Å². The summed E-state index contributed by atoms with van der Waals surface area (Å²) in [6.07, 6.45) is 3.11. The van der Waals surface area contributed by atoms with Crippen LogP contribution in [-0.4, -0.2) is 35.1 Å². The highest BCUT2D eigenvalue weighted by molar-refractivity contribution is 7.09. The molecule has 2 heterocycles. The Labute approximate surface area is 108 Å². The second kappa shape index (κ2) is 5.94. The number of piperazine rings is 1. The summed E-state index contributed by atoms with van der Waals surface area (Å²) in [7, 11) is 0. The fraction of sp³-hybridized carbons (Fsp3) is 0.769. The molecule has 0 bridgehead atoms. The topological polar surface area (TPSA) is 28.2 Å². The zero-order valence-corrected chi connectivity index (χ0v) is 11.8. The van der Waals surface area contributed by atoms with Crippen LogP contribution in [0.5, 0.6) is 0 Å². The molecular weight excluding hydrogens is 230 g/mol. The molecule has 3 nitrogen and oxygen atoms in total. The van der Waals surface area contributed by atoms with Crippen LogP contribution in [0.2, 0.25) is 0 Å². The van der Waals surface area contributed by atoms with Crippen molar-refractivity contribution in [2.45, 2.75) is 45.8 Å². The van der Waals surface area contributed by atoms with Crippen molar-refractivity contribution in [3.8, 4) is 0 Å². The number of thiazole rings is 1. The fourth-order valence-corrected chi connectivity index (χ4v) is 3.16. The average molecular weight is 253 g/mol. The van der Waals surface area contributed by atoms with Crippen molar-refractivity contribution in [3.05, 3.63) is 16.6 Å². The van der Waals surface area contributed by atoms with Gasteiger partial charge in [0.1, 0.15) is 5.01 Å². The van der Waals surface area contributed by atoms with E-state index in [1.807, 2.05) is 6.20 Å². The largest absolute Gasteiger partial charge is 0.311 e. The number of rotatable bonds is 4. The molecule has 1 aromatic rings. The van der Waals surface area contributed by atoms with Crippen molar-refractivity contribution < 1.29 is 0 Å². The third-order valence-corrected chi connectivity index (χ3v) is 4.39. The molecule has 4 heteroatoms. The predicted octanol–water partition coefficient (Wildman–Crippen LogP) is 2.35. The van der Waals surface area contributed by atoms with E-state index in [0.717, 1.165) is 19.6 Å². The Bertz CT molecular complexity index is 323. The number of hydrogen-bond acceptors (Lipinski definition) is 4. The van der Waals surface area contributed by atoms with Gasteiger partial charge >= 0.3 is 0 Å². The van der Waals surface area contributed by atoms with Gasteiger partial charge in [0, 0.05) is 36.8 Å². The van der Waals surface area contributed by atoms with Crippen LogP contribution in [0.25, 0.3) is 0 Å². The molecule has 2 unspecified atom stereocenters. The van der Waals surface area contributed by atoms with Crippen LogP contribution in [0, 0.1) is 5.92 Å². The Morgan fingerprint density at radius 3 is 3.00 bits per heavy atom. The SMILES string of the molecule is CCC1CN(Cc2nccs2)C(C(C)C)CN1. The fourth-order valence-electron chi connectivity index (χ4n) is 2.52. The summed E-state index contributed by atoms with van der Waals surface area (Å²) < 4.78 is 0. The van der Waals surface area contributed by atoms with Gasteiger partial charge in [0.05, 0.1) is 6.54 Å². The van der Waals surface area contributed by atoms with Crippen LogP contribution in [0.15, 0.2) is 11.6 Å². The Kier molecular flexibility index (Phi) is 4.54. The molecule has 1 aliphatic heterocycles. The molecule has 17 heavy (non-hydrogen) atoms. The lowest BCUT2D eigenvalue weighted by molar-refractivity contribution is 0.0899. The van der Waals surface area contributed by atoms with Gasteiger partial charge in [-0.05, 0) is 12.3 Å². The Hall–Kier alpha value is -0.450. The van der Waals surface area contributed by atoms with Crippen LogP contribution in [0.3, 0.4) is 0 Å². The summed E-state index contributed by atoms with van der Waals surface area (Å²) in [6.45, 7) is 10.2. The first-order valence-corrected chi connectivity index (χ1v) is 7.44. The van der Waals surface area contributed by atoms with E-state index in [4.69, 9.17) is 0 Å². The summed E-state index contributed by atoms with van der Waals surface area (Å²) in [6, 6.07) is 1.28. The van der Waals surface area contributed by atoms with Crippen molar-refractivity contribution in [1.82, 2.24) is 15.2 Å². The number of nitrogens with one attached hydrogen (secondary N) is 1. The molecule has 1 saturated heterocycles. The van der Waals surface area contributed by atoms with Crippen LogP contribution >= 0.6 is 11.3 Å². The molecule has 2 atom stereocenters. The van der Waals surface area contributed by atoms with Gasteiger partial charge in [-0.2, -0.15) is 0 Å². The number of hydrogen-bond donors (Lipinski definition) is 1. The van der Waals surface area contributed by atoms with E-state index < -0.39 is 0 Å². The van der Waals surface area contributed by atoms with E-state index >= 15 is 0 Å². The molecule has 96 valence electrons. The Balaban J connectivity index is 2.02. The van der Waals surface area contributed by atoms with Gasteiger partial charge in [0.25, 0.3) is 0 Å². The molecule has 0 spiro atoms. The first kappa shape index (κ1) is 13.0. The van der Waals surface area contributed by atoms with Crippen molar-refractivity contribution in [2.75, 3.05) is 13.1 Å². The van der Waals surface area contributed by atoms with E-state index in [-0.39, 0.29) is 0 Å². The maximum absolute atomic E-state index is 4.41. The monoisotopic (exact) mass is 253 g/mol. The minimum absolute atomic E-state index is 0.640. The Morgan fingerprint density at radius 2 is 2.41 bits per heavy atom. The predicted molar refractivity (Wildman–Crippen MR) is 73.2 cm³/mol. The van der Waals surface area contributed by atoms with Crippen LogP contribution in [0.1, 0.15) is 32.2 Å². The van der Waals surface area contributed by atoms with Gasteiger partial charge in [0.2, 0.25) is 0 Å². The van der Waals surface area contributed by atoms with Crippen molar-refractivity contribution >= 4 is 11.3 Å². The number of aromatic nitrogens is 1. The van der Waals surface area contributed by atoms with Gasteiger partial charge in [-0.1, -0.05) is 20.8 Å². The Morgan fingerprint density at radius 1 is 1.59 bits per heavy atom. The summed E-state index contributed by atoms with van der Waals surface area (Å²) in [5.41, 5.74) is 0. The van der Waals surface area contributed by atoms with Gasteiger partial charge in [-0.15, -0.1) is 11.3 Å². The first-order valence-electron chi connectivity index (χ1n) is 6.56. The van der Waals surface area contributed by atoms with E-state index in [9.17, 15) is 0 Å². The van der Waals surface area contributed by atoms with Crippen LogP contribution < -0.4 is 5.32 Å². The smallest absolute Gasteiger partial charge is 0.107 e. The first-order chi connectivity index (χ1) is 8.20. The van der Waals surface area contributed by atoms with Crippen molar-refractivity contribution in [2.24, 2.45) is 5.92 Å². The highest BCUT2D eigenvalue weighted by Crippen LogP contribution is 2.19. The molecule has 1 aromatic heterocycles. The number of nitrogens with zero attached hydrogens (tertiary/aromatic N) is 2. The van der Waals surface area contributed by atoms with Gasteiger partial charge in [-0.3, -0.25) is 4.90 Å². The minimum Gasteiger partial charge on any atom is -0.311 e. The second-order valence-electron chi connectivity index (χ2n) is 5.18. The second-order valence-corrected chi connectivity index (χ2v) is 6.16. The van der Waals surface area contributed by atoms with E-state index in [1.54, 1.807) is 11.3 Å². The molecule has 1 aliphatic rings. The van der Waals surface area contributed by atoms with Crippen molar-refractivity contribution in [1.29, 1.82) is 0 Å². The molecule has 1 fully saturated rings. The van der Waals surface area contributed by atoms with Crippen LogP contribution in [0.4, 0.5) is 0 Å². The molecule has 0 saturated carbocycles. The summed E-state index contributed by atoms with van der Waals surface area (Å²) in [5.74, 6) is 0.695. The standard InChI is InChI=1S/C13H23N3S/c1-4-11-8-16(9-13-14-5-6-17-13)12(7-15-11)10(2)3/h5-6,10-12,15H,4,7-9H2,1-3H3. The quantitative estimate of drug-likeness (QED) is 0.893. The third-order valence-electron chi connectivity index (χ3n) is 3.62. The average Bonchev–Trinajstić information content (AvgIpc) is 2.81. The van der Waals surface area contributed by atoms with Gasteiger partial charge < -0.3 is 5.32 Å². The molecule has 0 radical (unpaired) electrons. The lowest BCUT2D eigenvalue weighted by Gasteiger charge is -2.41. The lowest BCUT2D eigenvalue weighted by atomic mass is 9.98. The normalized spacial score (nSPS) is 26.6. The highest BCUT2D eigenvalue weighted by Gasteiger charge is 2.29. The summed E-state index contributed by atoms with van der Waals surface area (Å²) >= 11 is 1.77. The lowest BCUT2D eigenvalue weighted by Crippen LogP contribution is -2.57. The zero-order valence-electron chi connectivity index (χ0n) is 11.0. The van der Waals surface area contributed by atoms with E-state index in [0.29, 0.717) is 18.0 Å². The van der Waals surface area contributed by atoms with E-state index in [1.165, 1.54) is 11.4 Å². The molecule has 0 aromatic carbocycles. The summed E-state index contributed by atoms with van der Waals surface area (Å²) in [4.78, 5) is 7.02.